The van der Waals surface area contributed by atoms with Gasteiger partial charge >= 0.3 is 0 Å². The first-order chi connectivity index (χ1) is 16.6. The average molecular weight is 328 g/mol. The summed E-state index contributed by atoms with van der Waals surface area (Å²) in [4.78, 5) is 3.54. The number of nitrogens with zero attached hydrogens (tertiary/aromatic N) is 3. The lowest BCUT2D eigenvalue weighted by Gasteiger charge is -2.35. The van der Waals surface area contributed by atoms with Crippen molar-refractivity contribution in [3.8, 4) is 0 Å². The number of hydrogen-bond acceptors (Lipinski definition) is 5. The molecule has 0 saturated carbocycles. The molecule has 1 fully saturated rings. The van der Waals surface area contributed by atoms with Crippen LogP contribution in [-0.2, 0) is 0 Å². The van der Waals surface area contributed by atoms with Crippen LogP contribution >= 0.6 is 11.3 Å². The minimum Gasteiger partial charge on any atom is -0.355 e. The second-order valence-corrected chi connectivity index (χ2v) is 5.46. The van der Waals surface area contributed by atoms with Gasteiger partial charge in [0.2, 0.25) is 0 Å². The van der Waals surface area contributed by atoms with E-state index in [4.69, 9.17) is 20.6 Å². The molecule has 5 heteroatoms. The normalized spacial score (nSPS) is 38.5. The molecule has 0 aliphatic carbocycles. The van der Waals surface area contributed by atoms with Gasteiger partial charge in [-0.25, -0.2) is 4.99 Å². The van der Waals surface area contributed by atoms with Gasteiger partial charge in [-0.3, -0.25) is 0 Å². The highest BCUT2D eigenvalue weighted by atomic mass is 32.1. The zero-order chi connectivity index (χ0) is 28.1. The van der Waals surface area contributed by atoms with Crippen LogP contribution in [0.1, 0.15) is 25.4 Å². The molecular weight excluding hydrogens is 292 g/mol. The molecule has 1 N–H and O–H groups in total. The number of rotatable bonds is 1. The Bertz CT molecular complexity index is 1350. The van der Waals surface area contributed by atoms with Crippen molar-refractivity contribution in [3.63, 3.8) is 0 Å². The van der Waals surface area contributed by atoms with E-state index in [9.17, 15) is 0 Å². The summed E-state index contributed by atoms with van der Waals surface area (Å²) < 4.78 is 123. The van der Waals surface area contributed by atoms with Crippen molar-refractivity contribution in [2.24, 2.45) is 4.99 Å². The Morgan fingerprint density at radius 3 is 3.00 bits per heavy atom. The maximum absolute atomic E-state index is 8.62. The van der Waals surface area contributed by atoms with Crippen molar-refractivity contribution in [1.29, 1.82) is 0 Å². The Balaban J connectivity index is 2.16. The van der Waals surface area contributed by atoms with E-state index in [1.54, 1.807) is 12.1 Å². The molecule has 4 nitrogen and oxygen atoms in total. The van der Waals surface area contributed by atoms with Gasteiger partial charge in [0.25, 0.3) is 0 Å². The number of thiophene rings is 1. The molecule has 4 rings (SSSR count). The molecule has 0 bridgehead atoms. The molecule has 114 valence electrons. The first-order valence-corrected chi connectivity index (χ1v) is 7.09. The van der Waals surface area contributed by atoms with Crippen LogP contribution < -0.4 is 15.2 Å². The fraction of sp³-hybridized carbons (Fsp3) is 0.353. The van der Waals surface area contributed by atoms with Gasteiger partial charge in [0.05, 0.1) is 23.4 Å². The lowest BCUT2D eigenvalue weighted by molar-refractivity contribution is 0.206. The number of nitrogens with one attached hydrogen (secondary N) is 1. The summed E-state index contributed by atoms with van der Waals surface area (Å²) in [5.74, 6) is -0.673. The SMILES string of the molecule is [2H]c1c(C([2H])([2H])[2H])sc2c1=C(N1C([2H])([2H])C([2H])([2H])N(C([2H])([2H])[2H])C([2H])([2H])C1([2H])[2H])Nc1ccccc1N=2. The molecule has 0 unspecified atom stereocenters. The summed E-state index contributed by atoms with van der Waals surface area (Å²) in [5.41, 5.74) is 0.368. The van der Waals surface area contributed by atoms with Crippen molar-refractivity contribution in [3.05, 3.63) is 45.1 Å². The van der Waals surface area contributed by atoms with Crippen LogP contribution in [0.4, 0.5) is 11.4 Å². The highest BCUT2D eigenvalue weighted by Gasteiger charge is 2.20. The molecule has 1 aromatic carbocycles. The molecule has 2 aliphatic rings. The highest BCUT2D eigenvalue weighted by molar-refractivity contribution is 7.09. The van der Waals surface area contributed by atoms with Gasteiger partial charge in [0.15, 0.2) is 0 Å². The third kappa shape index (κ3) is 2.40. The fourth-order valence-electron chi connectivity index (χ4n) is 2.09. The van der Waals surface area contributed by atoms with Crippen LogP contribution in [0.25, 0.3) is 5.82 Å². The quantitative estimate of drug-likeness (QED) is 0.866. The Morgan fingerprint density at radius 2 is 2.18 bits per heavy atom. The van der Waals surface area contributed by atoms with E-state index >= 15 is 0 Å². The van der Waals surface area contributed by atoms with Crippen LogP contribution in [0, 0.1) is 6.85 Å². The zero-order valence-corrected chi connectivity index (χ0v) is 11.9. The van der Waals surface area contributed by atoms with Gasteiger partial charge in [0, 0.05) is 44.6 Å². The van der Waals surface area contributed by atoms with Crippen molar-refractivity contribution in [1.82, 2.24) is 9.80 Å². The summed E-state index contributed by atoms with van der Waals surface area (Å²) >= 11 is 0.581. The van der Waals surface area contributed by atoms with E-state index in [-0.39, 0.29) is 20.9 Å². The summed E-state index contributed by atoms with van der Waals surface area (Å²) in [6, 6.07) is 5.48. The van der Waals surface area contributed by atoms with Crippen molar-refractivity contribution < 1.29 is 20.6 Å². The predicted octanol–water partition coefficient (Wildman–Crippen LogP) is 1.75. The van der Waals surface area contributed by atoms with E-state index in [1.165, 1.54) is 12.1 Å². The Morgan fingerprint density at radius 1 is 1.32 bits per heavy atom. The first kappa shape index (κ1) is 5.08. The van der Waals surface area contributed by atoms with Crippen LogP contribution in [-0.4, -0.2) is 42.8 Å². The molecule has 0 amide bonds. The zero-order valence-electron chi connectivity index (χ0n) is 26.1. The number of likely N-dealkylation sites (N-methyl/N-ethyl adjacent to an activating group) is 1. The van der Waals surface area contributed by atoms with Crippen molar-refractivity contribution in [2.45, 2.75) is 6.85 Å². The number of para-hydroxylation sites is 2. The molecule has 2 aromatic rings. The maximum Gasteiger partial charge on any atom is 0.127 e. The first-order valence-electron chi connectivity index (χ1n) is 13.8. The summed E-state index contributed by atoms with van der Waals surface area (Å²) in [7, 11) is 0. The van der Waals surface area contributed by atoms with Gasteiger partial charge in [-0.1, -0.05) is 12.1 Å². The largest absolute Gasteiger partial charge is 0.355 e. The minimum absolute atomic E-state index is 0.0761. The molecule has 3 heterocycles. The predicted molar refractivity (Wildman–Crippen MR) is 92.0 cm³/mol. The van der Waals surface area contributed by atoms with E-state index in [2.05, 4.69) is 10.3 Å². The molecule has 0 atom stereocenters. The second kappa shape index (κ2) is 5.41. The Kier molecular flexibility index (Phi) is 1.25. The maximum atomic E-state index is 8.62. The number of aryl methyl sites for hydroxylation is 1. The van der Waals surface area contributed by atoms with E-state index in [0.29, 0.717) is 11.3 Å². The van der Waals surface area contributed by atoms with Gasteiger partial charge in [-0.2, -0.15) is 0 Å². The summed E-state index contributed by atoms with van der Waals surface area (Å²) in [5, 5.41) is 2.32. The summed E-state index contributed by atoms with van der Waals surface area (Å²) in [6.07, 6.45) is 0. The third-order valence-electron chi connectivity index (χ3n) is 3.04. The lowest BCUT2D eigenvalue weighted by atomic mass is 10.2. The van der Waals surface area contributed by atoms with Gasteiger partial charge in [-0.15, -0.1) is 11.3 Å². The highest BCUT2D eigenvalue weighted by Crippen LogP contribution is 2.27. The van der Waals surface area contributed by atoms with Crippen LogP contribution in [0.3, 0.4) is 0 Å². The average Bonchev–Trinajstić information content (AvgIpc) is 2.92. The van der Waals surface area contributed by atoms with Gasteiger partial charge in [0.1, 0.15) is 10.5 Å². The Labute approximate surface area is 155 Å². The smallest absolute Gasteiger partial charge is 0.127 e. The third-order valence-corrected chi connectivity index (χ3v) is 3.83. The monoisotopic (exact) mass is 327 g/mol. The molecular formula is C17H20N4S. The molecule has 1 aromatic heterocycles. The minimum atomic E-state index is -3.66. The van der Waals surface area contributed by atoms with E-state index < -0.39 is 66.7 Å². The van der Waals surface area contributed by atoms with E-state index in [0.717, 1.165) is 0 Å². The number of piperazine rings is 1. The van der Waals surface area contributed by atoms with Gasteiger partial charge < -0.3 is 15.1 Å². The molecule has 22 heavy (non-hydrogen) atoms. The molecule has 1 saturated heterocycles. The van der Waals surface area contributed by atoms with Gasteiger partial charge in [-0.05, 0) is 32.0 Å². The van der Waals surface area contributed by atoms with E-state index in [1.807, 2.05) is 0 Å². The summed E-state index contributed by atoms with van der Waals surface area (Å²) in [6.45, 7) is -20.9. The number of benzene rings is 1. The topological polar surface area (TPSA) is 30.9 Å². The standard InChI is InChI=1S/C17H20N4S/c1-12-11-13-16(21-9-7-20(2)8-10-21)18-14-5-3-4-6-15(14)19-17(13)22-12/h3-6,11,18H,7-10H2,1-2H3/i1D3,2D3,7D2,8D2,9D2,10D2,11D. The molecule has 2 aliphatic heterocycles. The second-order valence-electron chi connectivity index (χ2n) is 4.46. The molecule has 0 radical (unpaired) electrons. The molecule has 0 spiro atoms. The Hall–Kier alpha value is -1.85. The lowest BCUT2D eigenvalue weighted by Crippen LogP contribution is -2.47. The fourth-order valence-corrected chi connectivity index (χ4v) is 2.83. The van der Waals surface area contributed by atoms with Crippen LogP contribution in [0.5, 0.6) is 0 Å². The number of anilines is 1. The number of fused-ring (bicyclic) bond motifs is 2. The van der Waals surface area contributed by atoms with Crippen molar-refractivity contribution >= 4 is 28.5 Å². The number of hydrogen-bond donors (Lipinski definition) is 1. The van der Waals surface area contributed by atoms with Crippen LogP contribution in [0.15, 0.2) is 35.3 Å². The van der Waals surface area contributed by atoms with Crippen LogP contribution in [0.2, 0.25) is 0 Å². The van der Waals surface area contributed by atoms with Crippen molar-refractivity contribution in [2.75, 3.05) is 38.3 Å².